The Morgan fingerprint density at radius 3 is 2.62 bits per heavy atom. The minimum Gasteiger partial charge on any atom is -0.496 e. The highest BCUT2D eigenvalue weighted by Crippen LogP contribution is 2.29. The van der Waals surface area contributed by atoms with Crippen LogP contribution < -0.4 is 9.42 Å². The fourth-order valence-corrected chi connectivity index (χ4v) is 4.32. The number of benzene rings is 1. The van der Waals surface area contributed by atoms with Crippen LogP contribution in [0.4, 0.5) is 0 Å². The fraction of sp³-hybridized carbons (Fsp3) is 0.455. The first kappa shape index (κ1) is 19.0. The van der Waals surface area contributed by atoms with E-state index in [1.807, 2.05) is 0 Å². The maximum absolute atomic E-state index is 5.53. The van der Waals surface area contributed by atoms with Crippen molar-refractivity contribution in [3.8, 4) is 5.75 Å². The highest BCUT2D eigenvalue weighted by atomic mass is 32.2. The highest BCUT2D eigenvalue weighted by molar-refractivity contribution is 7.98. The molecule has 3 nitrogen and oxygen atoms in total. The van der Waals surface area contributed by atoms with Gasteiger partial charge < -0.3 is 4.74 Å². The van der Waals surface area contributed by atoms with Crippen molar-refractivity contribution in [2.45, 2.75) is 58.0 Å². The number of nitrogens with zero attached hydrogens (tertiary/aromatic N) is 2. The Balaban J connectivity index is 2.06. The van der Waals surface area contributed by atoms with Gasteiger partial charge in [0.2, 0.25) is 6.54 Å². The third-order valence-corrected chi connectivity index (χ3v) is 6.05. The molecule has 0 bridgehead atoms. The number of allylic oxidation sites excluding steroid dienone is 2. The first-order valence-corrected chi connectivity index (χ1v) is 10.6. The molecule has 1 aliphatic carbocycles. The van der Waals surface area contributed by atoms with E-state index in [0.29, 0.717) is 0 Å². The SMILES string of the molecule is COc1ccc(C)c(C[n+]2nc(C3=CCCCC3)c(C)cc2SC)c1C. The number of aromatic nitrogens is 2. The summed E-state index contributed by atoms with van der Waals surface area (Å²) in [5.41, 5.74) is 7.63. The van der Waals surface area contributed by atoms with Crippen LogP contribution in [-0.2, 0) is 6.54 Å². The van der Waals surface area contributed by atoms with Crippen LogP contribution in [0.25, 0.3) is 5.57 Å². The Hall–Kier alpha value is -1.81. The van der Waals surface area contributed by atoms with Gasteiger partial charge in [-0.05, 0) is 75.5 Å². The molecule has 2 aromatic rings. The summed E-state index contributed by atoms with van der Waals surface area (Å²) in [7, 11) is 1.74. The van der Waals surface area contributed by atoms with Crippen LogP contribution in [0, 0.1) is 20.8 Å². The molecule has 26 heavy (non-hydrogen) atoms. The smallest absolute Gasteiger partial charge is 0.266 e. The molecule has 0 atom stereocenters. The molecule has 1 aromatic heterocycles. The predicted octanol–water partition coefficient (Wildman–Crippen LogP) is 5.03. The molecule has 138 valence electrons. The zero-order chi connectivity index (χ0) is 18.7. The lowest BCUT2D eigenvalue weighted by molar-refractivity contribution is -0.780. The standard InChI is InChI=1S/C22H29N2OS/c1-15-11-12-20(25-4)17(3)19(15)14-24-21(26-5)13-16(2)22(23-24)18-9-7-6-8-10-18/h9,11-13H,6-8,10,14H2,1-5H3/q+1. The molecule has 0 saturated heterocycles. The summed E-state index contributed by atoms with van der Waals surface area (Å²) in [6.07, 6.45) is 9.39. The summed E-state index contributed by atoms with van der Waals surface area (Å²) < 4.78 is 7.69. The maximum atomic E-state index is 5.53. The summed E-state index contributed by atoms with van der Waals surface area (Å²) in [6, 6.07) is 6.47. The second kappa shape index (κ2) is 8.26. The Morgan fingerprint density at radius 2 is 1.96 bits per heavy atom. The molecule has 0 spiro atoms. The van der Waals surface area contributed by atoms with Gasteiger partial charge >= 0.3 is 0 Å². The van der Waals surface area contributed by atoms with Crippen LogP contribution in [0.5, 0.6) is 5.75 Å². The maximum Gasteiger partial charge on any atom is 0.266 e. The average molecular weight is 370 g/mol. The summed E-state index contributed by atoms with van der Waals surface area (Å²) in [5, 5.41) is 6.28. The van der Waals surface area contributed by atoms with Crippen molar-refractivity contribution < 1.29 is 9.42 Å². The fourth-order valence-electron chi connectivity index (χ4n) is 3.71. The molecule has 3 rings (SSSR count). The summed E-state index contributed by atoms with van der Waals surface area (Å²) in [5.74, 6) is 0.944. The van der Waals surface area contributed by atoms with Gasteiger partial charge in [0.1, 0.15) is 11.4 Å². The molecule has 0 amide bonds. The summed E-state index contributed by atoms with van der Waals surface area (Å²) >= 11 is 1.76. The molecule has 1 aromatic carbocycles. The molecule has 0 aliphatic heterocycles. The van der Waals surface area contributed by atoms with Crippen molar-refractivity contribution in [1.29, 1.82) is 0 Å². The monoisotopic (exact) mass is 369 g/mol. The van der Waals surface area contributed by atoms with Gasteiger partial charge in [-0.15, -0.1) is 0 Å². The van der Waals surface area contributed by atoms with E-state index in [2.05, 4.69) is 56.0 Å². The van der Waals surface area contributed by atoms with Crippen molar-refractivity contribution in [1.82, 2.24) is 5.10 Å². The Morgan fingerprint density at radius 1 is 1.15 bits per heavy atom. The second-order valence-electron chi connectivity index (χ2n) is 7.04. The van der Waals surface area contributed by atoms with E-state index in [1.54, 1.807) is 18.9 Å². The third-order valence-electron chi connectivity index (χ3n) is 5.30. The summed E-state index contributed by atoms with van der Waals surface area (Å²) in [4.78, 5) is 0. The lowest BCUT2D eigenvalue weighted by Crippen LogP contribution is -2.42. The molecule has 0 saturated carbocycles. The van der Waals surface area contributed by atoms with Gasteiger partial charge in [-0.3, -0.25) is 0 Å². The number of aryl methyl sites for hydroxylation is 2. The van der Waals surface area contributed by atoms with E-state index >= 15 is 0 Å². The van der Waals surface area contributed by atoms with Crippen LogP contribution in [0.15, 0.2) is 29.3 Å². The molecule has 1 heterocycles. The van der Waals surface area contributed by atoms with E-state index in [4.69, 9.17) is 9.84 Å². The van der Waals surface area contributed by atoms with Gasteiger partial charge in [-0.25, -0.2) is 0 Å². The molecule has 0 N–H and O–H groups in total. The van der Waals surface area contributed by atoms with Gasteiger partial charge in [-0.1, -0.05) is 28.6 Å². The largest absolute Gasteiger partial charge is 0.496 e. The lowest BCUT2D eigenvalue weighted by Gasteiger charge is -2.15. The molecule has 0 radical (unpaired) electrons. The first-order valence-electron chi connectivity index (χ1n) is 9.33. The normalized spacial score (nSPS) is 14.3. The predicted molar refractivity (Wildman–Crippen MR) is 109 cm³/mol. The van der Waals surface area contributed by atoms with Gasteiger partial charge in [0.05, 0.1) is 7.11 Å². The third kappa shape index (κ3) is 3.80. The minimum absolute atomic E-state index is 0.769. The minimum atomic E-state index is 0.769. The first-order chi connectivity index (χ1) is 12.5. The molecular weight excluding hydrogens is 340 g/mol. The number of hydrogen-bond donors (Lipinski definition) is 0. The van der Waals surface area contributed by atoms with Crippen LogP contribution in [0.3, 0.4) is 0 Å². The number of methoxy groups -OCH3 is 1. The number of thioether (sulfide) groups is 1. The van der Waals surface area contributed by atoms with E-state index in [0.717, 1.165) is 18.7 Å². The van der Waals surface area contributed by atoms with E-state index < -0.39 is 0 Å². The molecular formula is C22H29N2OS+. The van der Waals surface area contributed by atoms with E-state index in [1.165, 1.54) is 57.8 Å². The van der Waals surface area contributed by atoms with Crippen LogP contribution >= 0.6 is 11.8 Å². The van der Waals surface area contributed by atoms with Crippen molar-refractivity contribution in [2.75, 3.05) is 13.4 Å². The van der Waals surface area contributed by atoms with Crippen molar-refractivity contribution in [3.63, 3.8) is 0 Å². The quantitative estimate of drug-likeness (QED) is 0.546. The van der Waals surface area contributed by atoms with Crippen LogP contribution in [0.2, 0.25) is 0 Å². The number of rotatable bonds is 5. The number of hydrogen-bond acceptors (Lipinski definition) is 3. The second-order valence-corrected chi connectivity index (χ2v) is 7.87. The number of ether oxygens (including phenoxy) is 1. The Labute approximate surface area is 161 Å². The van der Waals surface area contributed by atoms with Crippen molar-refractivity contribution in [3.05, 3.63) is 52.2 Å². The van der Waals surface area contributed by atoms with Gasteiger partial charge in [0, 0.05) is 22.3 Å². The Kier molecular flexibility index (Phi) is 6.02. The van der Waals surface area contributed by atoms with Crippen LogP contribution in [0.1, 0.15) is 53.6 Å². The summed E-state index contributed by atoms with van der Waals surface area (Å²) in [6.45, 7) is 7.26. The Bertz CT molecular complexity index is 843. The molecule has 0 unspecified atom stereocenters. The van der Waals surface area contributed by atoms with Crippen molar-refractivity contribution in [2.24, 2.45) is 0 Å². The molecule has 1 aliphatic rings. The van der Waals surface area contributed by atoms with Crippen molar-refractivity contribution >= 4 is 17.3 Å². The topological polar surface area (TPSA) is 26.0 Å². The molecule has 0 fully saturated rings. The lowest BCUT2D eigenvalue weighted by atomic mass is 9.95. The van der Waals surface area contributed by atoms with Crippen LogP contribution in [-0.4, -0.2) is 18.5 Å². The van der Waals surface area contributed by atoms with Gasteiger partial charge in [0.25, 0.3) is 5.03 Å². The van der Waals surface area contributed by atoms with E-state index in [-0.39, 0.29) is 0 Å². The zero-order valence-electron chi connectivity index (χ0n) is 16.6. The van der Waals surface area contributed by atoms with Gasteiger partial charge in [-0.2, -0.15) is 0 Å². The molecule has 4 heteroatoms. The zero-order valence-corrected chi connectivity index (χ0v) is 17.4. The average Bonchev–Trinajstić information content (AvgIpc) is 2.66. The highest BCUT2D eigenvalue weighted by Gasteiger charge is 2.22. The van der Waals surface area contributed by atoms with Gasteiger partial charge in [0.15, 0.2) is 0 Å². The van der Waals surface area contributed by atoms with E-state index in [9.17, 15) is 0 Å².